The number of thioether (sulfide) groups is 1. The van der Waals surface area contributed by atoms with Gasteiger partial charge in [-0.25, -0.2) is 0 Å². The molecular weight excluding hydrogens is 391 g/mol. The fourth-order valence-electron chi connectivity index (χ4n) is 2.48. The van der Waals surface area contributed by atoms with Crippen molar-refractivity contribution in [3.05, 3.63) is 63.9 Å². The number of halogens is 2. The van der Waals surface area contributed by atoms with Crippen molar-refractivity contribution in [2.24, 2.45) is 0 Å². The average molecular weight is 407 g/mol. The Hall–Kier alpha value is -2.02. The summed E-state index contributed by atoms with van der Waals surface area (Å²) in [6.07, 6.45) is 1.64. The molecule has 134 valence electrons. The van der Waals surface area contributed by atoms with Crippen LogP contribution in [0.4, 0.5) is 5.69 Å². The van der Waals surface area contributed by atoms with Gasteiger partial charge in [-0.3, -0.25) is 9.36 Å². The van der Waals surface area contributed by atoms with Crippen molar-refractivity contribution in [2.75, 3.05) is 11.1 Å². The highest BCUT2D eigenvalue weighted by Crippen LogP contribution is 2.30. The van der Waals surface area contributed by atoms with Crippen molar-refractivity contribution in [3.8, 4) is 5.69 Å². The molecule has 3 aromatic rings. The first-order valence-electron chi connectivity index (χ1n) is 7.80. The lowest BCUT2D eigenvalue weighted by atomic mass is 10.1. The molecule has 8 heteroatoms. The average Bonchev–Trinajstić information content (AvgIpc) is 3.05. The van der Waals surface area contributed by atoms with E-state index in [2.05, 4.69) is 21.6 Å². The summed E-state index contributed by atoms with van der Waals surface area (Å²) >= 11 is 13.4. The molecule has 0 bridgehead atoms. The number of aryl methyl sites for hydroxylation is 2. The molecule has 0 saturated carbocycles. The SMILES string of the molecule is Cc1ccc(-n2cnnc2SCC(=O)Nc2cccc(Cl)c2Cl)c(C)c1. The third-order valence-electron chi connectivity index (χ3n) is 3.69. The lowest BCUT2D eigenvalue weighted by Gasteiger charge is -2.11. The summed E-state index contributed by atoms with van der Waals surface area (Å²) in [6.45, 7) is 4.08. The standard InChI is InChI=1S/C18H16Cl2N4OS/c1-11-6-7-15(12(2)8-11)24-10-21-23-18(24)26-9-16(25)22-14-5-3-4-13(19)17(14)20/h3-8,10H,9H2,1-2H3,(H,22,25). The molecule has 1 heterocycles. The number of nitrogens with zero attached hydrogens (tertiary/aromatic N) is 3. The van der Waals surface area contributed by atoms with Gasteiger partial charge in [-0.05, 0) is 37.6 Å². The van der Waals surface area contributed by atoms with Crippen LogP contribution in [0.15, 0.2) is 47.9 Å². The summed E-state index contributed by atoms with van der Waals surface area (Å²) in [4.78, 5) is 12.2. The summed E-state index contributed by atoms with van der Waals surface area (Å²) in [5.41, 5.74) is 3.77. The smallest absolute Gasteiger partial charge is 0.234 e. The summed E-state index contributed by atoms with van der Waals surface area (Å²) in [5.74, 6) is -0.0266. The van der Waals surface area contributed by atoms with E-state index in [0.29, 0.717) is 20.9 Å². The first kappa shape index (κ1) is 18.8. The minimum atomic E-state index is -0.200. The second kappa shape index (κ2) is 8.12. The number of nitrogens with one attached hydrogen (secondary N) is 1. The van der Waals surface area contributed by atoms with E-state index in [-0.39, 0.29) is 11.7 Å². The molecule has 0 aliphatic rings. The highest BCUT2D eigenvalue weighted by Gasteiger charge is 2.13. The molecule has 0 saturated heterocycles. The zero-order chi connectivity index (χ0) is 18.7. The number of aromatic nitrogens is 3. The van der Waals surface area contributed by atoms with Crippen molar-refractivity contribution in [3.63, 3.8) is 0 Å². The van der Waals surface area contributed by atoms with Crippen LogP contribution in [-0.2, 0) is 4.79 Å². The van der Waals surface area contributed by atoms with E-state index >= 15 is 0 Å². The van der Waals surface area contributed by atoms with Crippen LogP contribution in [-0.4, -0.2) is 26.4 Å². The van der Waals surface area contributed by atoms with Gasteiger partial charge in [0.2, 0.25) is 5.91 Å². The van der Waals surface area contributed by atoms with Gasteiger partial charge in [0.1, 0.15) is 6.33 Å². The zero-order valence-electron chi connectivity index (χ0n) is 14.2. The Morgan fingerprint density at radius 1 is 1.23 bits per heavy atom. The van der Waals surface area contributed by atoms with E-state index in [1.54, 1.807) is 24.5 Å². The highest BCUT2D eigenvalue weighted by molar-refractivity contribution is 7.99. The molecule has 0 aliphatic heterocycles. The van der Waals surface area contributed by atoms with Gasteiger partial charge in [0.05, 0.1) is 27.2 Å². The van der Waals surface area contributed by atoms with Gasteiger partial charge in [0, 0.05) is 0 Å². The molecule has 1 N–H and O–H groups in total. The van der Waals surface area contributed by atoms with E-state index in [1.807, 2.05) is 30.5 Å². The molecule has 0 spiro atoms. The predicted molar refractivity (Wildman–Crippen MR) is 107 cm³/mol. The van der Waals surface area contributed by atoms with Crippen LogP contribution in [0.3, 0.4) is 0 Å². The summed E-state index contributed by atoms with van der Waals surface area (Å²) < 4.78 is 1.87. The first-order chi connectivity index (χ1) is 12.5. The van der Waals surface area contributed by atoms with Crippen LogP contribution in [0.5, 0.6) is 0 Å². The molecule has 26 heavy (non-hydrogen) atoms. The van der Waals surface area contributed by atoms with Crippen molar-refractivity contribution in [2.45, 2.75) is 19.0 Å². The second-order valence-electron chi connectivity index (χ2n) is 5.71. The van der Waals surface area contributed by atoms with Gasteiger partial charge in [0.25, 0.3) is 0 Å². The summed E-state index contributed by atoms with van der Waals surface area (Å²) in [5, 5.41) is 12.2. The molecule has 3 rings (SSSR count). The number of carbonyl (C=O) groups is 1. The predicted octanol–water partition coefficient (Wildman–Crippen LogP) is 4.92. The van der Waals surface area contributed by atoms with Crippen LogP contribution < -0.4 is 5.32 Å². The van der Waals surface area contributed by atoms with Gasteiger partial charge in [0.15, 0.2) is 5.16 Å². The van der Waals surface area contributed by atoms with Gasteiger partial charge in [-0.2, -0.15) is 0 Å². The molecule has 5 nitrogen and oxygen atoms in total. The van der Waals surface area contributed by atoms with E-state index in [0.717, 1.165) is 11.3 Å². The van der Waals surface area contributed by atoms with Crippen LogP contribution in [0.25, 0.3) is 5.69 Å². The number of anilines is 1. The number of hydrogen-bond acceptors (Lipinski definition) is 4. The van der Waals surface area contributed by atoms with Gasteiger partial charge in [-0.15, -0.1) is 10.2 Å². The third-order valence-corrected chi connectivity index (χ3v) is 5.45. The lowest BCUT2D eigenvalue weighted by Crippen LogP contribution is -2.15. The fraction of sp³-hybridized carbons (Fsp3) is 0.167. The van der Waals surface area contributed by atoms with Crippen LogP contribution in [0.1, 0.15) is 11.1 Å². The van der Waals surface area contributed by atoms with Crippen molar-refractivity contribution < 1.29 is 4.79 Å². The molecule has 1 aromatic heterocycles. The second-order valence-corrected chi connectivity index (χ2v) is 7.44. The Balaban J connectivity index is 1.70. The highest BCUT2D eigenvalue weighted by atomic mass is 35.5. The Morgan fingerprint density at radius 2 is 2.04 bits per heavy atom. The van der Waals surface area contributed by atoms with Crippen molar-refractivity contribution in [1.29, 1.82) is 0 Å². The van der Waals surface area contributed by atoms with E-state index < -0.39 is 0 Å². The monoisotopic (exact) mass is 406 g/mol. The third kappa shape index (κ3) is 4.20. The van der Waals surface area contributed by atoms with Gasteiger partial charge < -0.3 is 5.32 Å². The molecule has 0 unspecified atom stereocenters. The first-order valence-corrected chi connectivity index (χ1v) is 9.54. The Morgan fingerprint density at radius 3 is 2.81 bits per heavy atom. The quantitative estimate of drug-likeness (QED) is 0.610. The van der Waals surface area contributed by atoms with E-state index in [4.69, 9.17) is 23.2 Å². The molecule has 0 radical (unpaired) electrons. The molecule has 1 amide bonds. The summed E-state index contributed by atoms with van der Waals surface area (Å²) in [7, 11) is 0. The molecule has 0 aliphatic carbocycles. The Kier molecular flexibility index (Phi) is 5.86. The normalized spacial score (nSPS) is 10.8. The fourth-order valence-corrected chi connectivity index (χ4v) is 3.55. The van der Waals surface area contributed by atoms with E-state index in [9.17, 15) is 4.79 Å². The van der Waals surface area contributed by atoms with Crippen molar-refractivity contribution in [1.82, 2.24) is 14.8 Å². The Labute approximate surface area is 165 Å². The maximum absolute atomic E-state index is 12.2. The van der Waals surface area contributed by atoms with Gasteiger partial charge >= 0.3 is 0 Å². The van der Waals surface area contributed by atoms with Gasteiger partial charge in [-0.1, -0.05) is 58.7 Å². The van der Waals surface area contributed by atoms with E-state index in [1.165, 1.54) is 17.3 Å². The maximum Gasteiger partial charge on any atom is 0.234 e. The number of hydrogen-bond donors (Lipinski definition) is 1. The Bertz CT molecular complexity index is 958. The van der Waals surface area contributed by atoms with Crippen LogP contribution in [0, 0.1) is 13.8 Å². The number of carbonyl (C=O) groups excluding carboxylic acids is 1. The number of benzene rings is 2. The maximum atomic E-state index is 12.2. The molecule has 0 atom stereocenters. The lowest BCUT2D eigenvalue weighted by molar-refractivity contribution is -0.113. The topological polar surface area (TPSA) is 59.8 Å². The zero-order valence-corrected chi connectivity index (χ0v) is 16.5. The van der Waals surface area contributed by atoms with Crippen LogP contribution >= 0.6 is 35.0 Å². The minimum absolute atomic E-state index is 0.173. The number of amides is 1. The molecular formula is C18H16Cl2N4OS. The van der Waals surface area contributed by atoms with Crippen LogP contribution in [0.2, 0.25) is 10.0 Å². The molecule has 2 aromatic carbocycles. The molecule has 0 fully saturated rings. The largest absolute Gasteiger partial charge is 0.324 e. The number of rotatable bonds is 5. The minimum Gasteiger partial charge on any atom is -0.324 e. The van der Waals surface area contributed by atoms with Crippen molar-refractivity contribution >= 4 is 46.6 Å². The summed E-state index contributed by atoms with van der Waals surface area (Å²) in [6, 6.07) is 11.2.